The standard InChI is InChI=1S/C27H29ClFN3O4S/c1-16-5-4-6-21(26(16)28)17(2)31-27(33)32-24-10-9-20(12-25(24)36-3)37(34,35)15-18-7-8-19-13-30-14-23(29)22(19)11-18/h4-12,17,23,30H,13-15H2,1-3H3,(H2,31,32,33). The number of carbonyl (C=O) groups excluding carboxylic acids is 1. The first-order valence-electron chi connectivity index (χ1n) is 11.8. The van der Waals surface area contributed by atoms with E-state index in [9.17, 15) is 17.6 Å². The third-order valence-electron chi connectivity index (χ3n) is 6.36. The number of ether oxygens (including phenoxy) is 1. The summed E-state index contributed by atoms with van der Waals surface area (Å²) in [5.41, 5.74) is 3.85. The smallest absolute Gasteiger partial charge is 0.319 e. The first-order valence-corrected chi connectivity index (χ1v) is 13.8. The van der Waals surface area contributed by atoms with Gasteiger partial charge < -0.3 is 20.7 Å². The van der Waals surface area contributed by atoms with Crippen molar-refractivity contribution in [3.05, 3.63) is 87.4 Å². The van der Waals surface area contributed by atoms with Crippen molar-refractivity contribution in [2.45, 2.75) is 43.3 Å². The maximum Gasteiger partial charge on any atom is 0.319 e. The Kier molecular flexibility index (Phi) is 8.06. The lowest BCUT2D eigenvalue weighted by Crippen LogP contribution is -2.31. The Morgan fingerprint density at radius 2 is 2.00 bits per heavy atom. The lowest BCUT2D eigenvalue weighted by molar-refractivity contribution is 0.249. The Hall–Kier alpha value is -3.14. The van der Waals surface area contributed by atoms with Gasteiger partial charge in [0, 0.05) is 24.2 Å². The van der Waals surface area contributed by atoms with E-state index in [1.54, 1.807) is 18.2 Å². The molecule has 37 heavy (non-hydrogen) atoms. The first-order chi connectivity index (χ1) is 17.6. The molecule has 2 unspecified atom stereocenters. The monoisotopic (exact) mass is 545 g/mol. The molecule has 2 amide bonds. The molecular formula is C27H29ClFN3O4S. The minimum Gasteiger partial charge on any atom is -0.495 e. The molecule has 0 saturated carbocycles. The highest BCUT2D eigenvalue weighted by Gasteiger charge is 2.23. The highest BCUT2D eigenvalue weighted by molar-refractivity contribution is 7.90. The van der Waals surface area contributed by atoms with Crippen molar-refractivity contribution in [1.82, 2.24) is 10.6 Å². The Morgan fingerprint density at radius 3 is 2.76 bits per heavy atom. The molecule has 0 aromatic heterocycles. The molecule has 0 fully saturated rings. The highest BCUT2D eigenvalue weighted by Crippen LogP contribution is 2.31. The molecule has 7 nitrogen and oxygen atoms in total. The van der Waals surface area contributed by atoms with Gasteiger partial charge >= 0.3 is 6.03 Å². The number of alkyl halides is 1. The van der Waals surface area contributed by atoms with E-state index in [1.807, 2.05) is 32.0 Å². The molecule has 196 valence electrons. The number of carbonyl (C=O) groups is 1. The van der Waals surface area contributed by atoms with Crippen LogP contribution in [0.4, 0.5) is 14.9 Å². The van der Waals surface area contributed by atoms with Crippen molar-refractivity contribution in [1.29, 1.82) is 0 Å². The summed E-state index contributed by atoms with van der Waals surface area (Å²) in [6.07, 6.45) is -1.17. The summed E-state index contributed by atoms with van der Waals surface area (Å²) in [7, 11) is -2.37. The van der Waals surface area contributed by atoms with Gasteiger partial charge in [0.25, 0.3) is 0 Å². The van der Waals surface area contributed by atoms with E-state index in [2.05, 4.69) is 16.0 Å². The van der Waals surface area contributed by atoms with Crippen molar-refractivity contribution in [2.24, 2.45) is 0 Å². The molecule has 0 radical (unpaired) electrons. The number of sulfone groups is 1. The predicted molar refractivity (Wildman–Crippen MR) is 143 cm³/mol. The second kappa shape index (κ2) is 11.1. The van der Waals surface area contributed by atoms with Gasteiger partial charge in [-0.1, -0.05) is 48.0 Å². The van der Waals surface area contributed by atoms with E-state index in [1.165, 1.54) is 25.3 Å². The first kappa shape index (κ1) is 26.9. The molecule has 3 aromatic rings. The molecule has 0 aliphatic carbocycles. The lowest BCUT2D eigenvalue weighted by Gasteiger charge is -2.21. The Balaban J connectivity index is 1.48. The molecule has 3 aromatic carbocycles. The van der Waals surface area contributed by atoms with Gasteiger partial charge in [-0.2, -0.15) is 0 Å². The van der Waals surface area contributed by atoms with Gasteiger partial charge in [0.05, 0.1) is 29.5 Å². The Bertz CT molecular complexity index is 1430. The molecule has 1 aliphatic heterocycles. The van der Waals surface area contributed by atoms with Gasteiger partial charge in [0.1, 0.15) is 11.9 Å². The molecule has 0 saturated heterocycles. The summed E-state index contributed by atoms with van der Waals surface area (Å²) in [6.45, 7) is 4.47. The minimum absolute atomic E-state index is 0.0337. The number of hydrogen-bond donors (Lipinski definition) is 3. The van der Waals surface area contributed by atoms with Crippen LogP contribution in [-0.4, -0.2) is 28.1 Å². The minimum atomic E-state index is -3.76. The summed E-state index contributed by atoms with van der Waals surface area (Å²) in [5.74, 6) is -0.0937. The molecule has 0 bridgehead atoms. The second-order valence-corrected chi connectivity index (χ2v) is 11.4. The quantitative estimate of drug-likeness (QED) is 0.358. The predicted octanol–water partition coefficient (Wildman–Crippen LogP) is 5.63. The Morgan fingerprint density at radius 1 is 1.22 bits per heavy atom. The molecule has 2 atom stereocenters. The zero-order valence-corrected chi connectivity index (χ0v) is 22.3. The van der Waals surface area contributed by atoms with E-state index in [0.29, 0.717) is 28.4 Å². The number of rotatable bonds is 7. The fourth-order valence-corrected chi connectivity index (χ4v) is 5.98. The van der Waals surface area contributed by atoms with Crippen LogP contribution >= 0.6 is 11.6 Å². The molecule has 10 heteroatoms. The number of urea groups is 1. The number of aryl methyl sites for hydroxylation is 1. The summed E-state index contributed by atoms with van der Waals surface area (Å²) in [4.78, 5) is 12.7. The van der Waals surface area contributed by atoms with Crippen LogP contribution in [0.2, 0.25) is 5.02 Å². The summed E-state index contributed by atoms with van der Waals surface area (Å²) >= 11 is 6.37. The zero-order valence-electron chi connectivity index (χ0n) is 20.8. The van der Waals surface area contributed by atoms with Gasteiger partial charge in [-0.3, -0.25) is 0 Å². The van der Waals surface area contributed by atoms with Crippen molar-refractivity contribution in [3.63, 3.8) is 0 Å². The molecular weight excluding hydrogens is 517 g/mol. The average molecular weight is 546 g/mol. The SMILES string of the molecule is COc1cc(S(=O)(=O)Cc2ccc3c(c2)C(F)CNC3)ccc1NC(=O)NC(C)c1cccc(C)c1Cl. The largest absolute Gasteiger partial charge is 0.495 e. The maximum atomic E-state index is 14.3. The van der Waals surface area contributed by atoms with E-state index in [-0.39, 0.29) is 29.0 Å². The number of fused-ring (bicyclic) bond motifs is 1. The van der Waals surface area contributed by atoms with E-state index >= 15 is 0 Å². The topological polar surface area (TPSA) is 96.5 Å². The second-order valence-electron chi connectivity index (χ2n) is 9.05. The normalized spacial score (nSPS) is 16.0. The van der Waals surface area contributed by atoms with Crippen LogP contribution in [0.1, 0.15) is 47.0 Å². The fourth-order valence-electron chi connectivity index (χ4n) is 4.34. The summed E-state index contributed by atoms with van der Waals surface area (Å²) in [6, 6.07) is 14.1. The highest BCUT2D eigenvalue weighted by atomic mass is 35.5. The molecule has 1 heterocycles. The number of anilines is 1. The van der Waals surface area contributed by atoms with Gasteiger partial charge in [0.15, 0.2) is 9.84 Å². The summed E-state index contributed by atoms with van der Waals surface area (Å²) < 4.78 is 45.9. The van der Waals surface area contributed by atoms with Crippen LogP contribution in [0.5, 0.6) is 5.75 Å². The van der Waals surface area contributed by atoms with Gasteiger partial charge in [-0.15, -0.1) is 0 Å². The third-order valence-corrected chi connectivity index (χ3v) is 8.56. The third kappa shape index (κ3) is 6.06. The van der Waals surface area contributed by atoms with E-state index in [4.69, 9.17) is 16.3 Å². The van der Waals surface area contributed by atoms with Crippen LogP contribution < -0.4 is 20.7 Å². The number of hydrogen-bond acceptors (Lipinski definition) is 5. The number of benzene rings is 3. The number of amides is 2. The van der Waals surface area contributed by atoms with Gasteiger partial charge in [-0.05, 0) is 53.8 Å². The zero-order chi connectivity index (χ0) is 26.7. The van der Waals surface area contributed by atoms with Crippen LogP contribution in [0, 0.1) is 6.92 Å². The lowest BCUT2D eigenvalue weighted by atomic mass is 9.98. The molecule has 1 aliphatic rings. The van der Waals surface area contributed by atoms with Gasteiger partial charge in [-0.25, -0.2) is 17.6 Å². The number of halogens is 2. The molecule has 3 N–H and O–H groups in total. The maximum absolute atomic E-state index is 14.3. The summed E-state index contributed by atoms with van der Waals surface area (Å²) in [5, 5.41) is 9.10. The molecule has 4 rings (SSSR count). The van der Waals surface area contributed by atoms with E-state index < -0.39 is 22.0 Å². The van der Waals surface area contributed by atoms with Crippen LogP contribution in [0.3, 0.4) is 0 Å². The number of methoxy groups -OCH3 is 1. The van der Waals surface area contributed by atoms with Crippen molar-refractivity contribution in [2.75, 3.05) is 19.0 Å². The van der Waals surface area contributed by atoms with Crippen molar-refractivity contribution < 1.29 is 22.3 Å². The van der Waals surface area contributed by atoms with E-state index in [0.717, 1.165) is 16.7 Å². The molecule has 0 spiro atoms. The van der Waals surface area contributed by atoms with Crippen LogP contribution in [-0.2, 0) is 22.1 Å². The fraction of sp³-hybridized carbons (Fsp3) is 0.296. The Labute approximate surface area is 221 Å². The van der Waals surface area contributed by atoms with Crippen molar-refractivity contribution in [3.8, 4) is 5.75 Å². The van der Waals surface area contributed by atoms with Crippen LogP contribution in [0.25, 0.3) is 0 Å². The van der Waals surface area contributed by atoms with Crippen molar-refractivity contribution >= 4 is 33.2 Å². The van der Waals surface area contributed by atoms with Crippen LogP contribution in [0.15, 0.2) is 59.5 Å². The van der Waals surface area contributed by atoms with Gasteiger partial charge in [0.2, 0.25) is 0 Å². The number of nitrogens with one attached hydrogen (secondary N) is 3. The average Bonchev–Trinajstić information content (AvgIpc) is 2.86.